The second-order valence-electron chi connectivity index (χ2n) is 13.8. The van der Waals surface area contributed by atoms with E-state index in [1.54, 1.807) is 12.3 Å². The van der Waals surface area contributed by atoms with Gasteiger partial charge in [0.15, 0.2) is 5.82 Å². The monoisotopic (exact) mass is 751 g/mol. The zero-order chi connectivity index (χ0) is 35.8. The third-order valence-electron chi connectivity index (χ3n) is 10.6. The molecule has 1 atom stereocenters. The smallest absolute Gasteiger partial charge is 0.272 e. The Morgan fingerprint density at radius 2 is 1.62 bits per heavy atom. The van der Waals surface area contributed by atoms with E-state index in [1.165, 1.54) is 32.1 Å². The van der Waals surface area contributed by atoms with Gasteiger partial charge in [0.05, 0.1) is 29.4 Å². The van der Waals surface area contributed by atoms with Gasteiger partial charge in [0.1, 0.15) is 5.69 Å². The summed E-state index contributed by atoms with van der Waals surface area (Å²) in [4.78, 5) is 32.8. The third-order valence-corrected chi connectivity index (χ3v) is 11.4. The number of aromatic nitrogens is 4. The number of aromatic amines is 1. The molecule has 3 aromatic heterocycles. The largest absolute Gasteiger partial charge is 0.352 e. The predicted molar refractivity (Wildman–Crippen MR) is 213 cm³/mol. The average molecular weight is 753 g/mol. The normalized spacial score (nSPS) is 16.3. The van der Waals surface area contributed by atoms with Crippen LogP contribution in [-0.2, 0) is 0 Å². The van der Waals surface area contributed by atoms with Gasteiger partial charge in [-0.25, -0.2) is 9.97 Å². The highest BCUT2D eigenvalue weighted by Crippen LogP contribution is 2.42. The average Bonchev–Trinajstić information content (AvgIpc) is 3.77. The van der Waals surface area contributed by atoms with Gasteiger partial charge in [0, 0.05) is 75.5 Å². The van der Waals surface area contributed by atoms with Crippen molar-refractivity contribution in [3.8, 4) is 22.5 Å². The lowest BCUT2D eigenvalue weighted by Crippen LogP contribution is -2.51. The number of imidazole rings is 1. The number of anilines is 2. The van der Waals surface area contributed by atoms with Gasteiger partial charge in [-0.3, -0.25) is 9.69 Å². The lowest BCUT2D eigenvalue weighted by Gasteiger charge is -2.41. The van der Waals surface area contributed by atoms with Gasteiger partial charge >= 0.3 is 0 Å². The SMILES string of the molecule is C[C@@H](c1ccc(Cl)cc1Cl)n1cnc(-c2ccccc2)c1-c1c(C(=O)Nc2cccnc2N2CCN(C3CCCCC3)CC2)[nH]c2cc(Cl)ccc12. The van der Waals surface area contributed by atoms with Crippen LogP contribution in [0.4, 0.5) is 11.5 Å². The van der Waals surface area contributed by atoms with Crippen LogP contribution in [0.1, 0.15) is 61.1 Å². The maximum absolute atomic E-state index is 14.7. The number of H-pyrrole nitrogens is 1. The molecule has 2 N–H and O–H groups in total. The van der Waals surface area contributed by atoms with E-state index in [0.717, 1.165) is 65.4 Å². The van der Waals surface area contributed by atoms with E-state index in [2.05, 4.69) is 31.6 Å². The van der Waals surface area contributed by atoms with Crippen molar-refractivity contribution >= 4 is 63.1 Å². The summed E-state index contributed by atoms with van der Waals surface area (Å²) < 4.78 is 2.08. The van der Waals surface area contributed by atoms with Crippen LogP contribution in [0, 0.1) is 0 Å². The summed E-state index contributed by atoms with van der Waals surface area (Å²) in [5, 5.41) is 5.76. The van der Waals surface area contributed by atoms with Crippen LogP contribution in [0.2, 0.25) is 15.1 Å². The first kappa shape index (κ1) is 34.7. The molecule has 3 aromatic carbocycles. The van der Waals surface area contributed by atoms with E-state index in [-0.39, 0.29) is 11.9 Å². The van der Waals surface area contributed by atoms with Crippen molar-refractivity contribution < 1.29 is 4.79 Å². The number of hydrogen-bond acceptors (Lipinski definition) is 5. The molecule has 11 heteroatoms. The highest BCUT2D eigenvalue weighted by molar-refractivity contribution is 6.35. The number of rotatable bonds is 8. The Hall–Kier alpha value is -4.34. The fourth-order valence-electron chi connectivity index (χ4n) is 7.96. The summed E-state index contributed by atoms with van der Waals surface area (Å²) in [5.41, 5.74) is 5.81. The summed E-state index contributed by atoms with van der Waals surface area (Å²) >= 11 is 19.6. The Morgan fingerprint density at radius 1 is 0.865 bits per heavy atom. The van der Waals surface area contributed by atoms with Gasteiger partial charge in [-0.15, -0.1) is 0 Å². The number of nitrogens with one attached hydrogen (secondary N) is 2. The molecule has 2 fully saturated rings. The molecule has 0 bridgehead atoms. The molecule has 8 rings (SSSR count). The van der Waals surface area contributed by atoms with E-state index in [4.69, 9.17) is 44.8 Å². The molecule has 1 amide bonds. The van der Waals surface area contributed by atoms with Crippen molar-refractivity contribution in [3.63, 3.8) is 0 Å². The van der Waals surface area contributed by atoms with Crippen LogP contribution in [0.25, 0.3) is 33.4 Å². The number of hydrogen-bond donors (Lipinski definition) is 2. The molecule has 52 heavy (non-hydrogen) atoms. The van der Waals surface area contributed by atoms with E-state index in [1.807, 2.05) is 79.1 Å². The Balaban J connectivity index is 1.20. The first-order chi connectivity index (χ1) is 25.4. The molecular weight excluding hydrogens is 713 g/mol. The lowest BCUT2D eigenvalue weighted by molar-refractivity contribution is 0.102. The summed E-state index contributed by atoms with van der Waals surface area (Å²) in [5.74, 6) is 0.488. The predicted octanol–water partition coefficient (Wildman–Crippen LogP) is 10.4. The maximum Gasteiger partial charge on any atom is 0.272 e. The molecule has 2 aliphatic rings. The number of carbonyl (C=O) groups excluding carboxylic acids is 1. The van der Waals surface area contributed by atoms with Crippen molar-refractivity contribution in [2.24, 2.45) is 0 Å². The van der Waals surface area contributed by atoms with Crippen LogP contribution < -0.4 is 10.2 Å². The number of halogens is 3. The summed E-state index contributed by atoms with van der Waals surface area (Å²) in [6.07, 6.45) is 10.2. The molecule has 0 radical (unpaired) electrons. The highest BCUT2D eigenvalue weighted by atomic mass is 35.5. The Labute approximate surface area is 318 Å². The molecule has 6 aromatic rings. The molecule has 1 saturated heterocycles. The summed E-state index contributed by atoms with van der Waals surface area (Å²) in [6.45, 7) is 5.76. The topological polar surface area (TPSA) is 82.1 Å². The van der Waals surface area contributed by atoms with Crippen molar-refractivity contribution in [2.45, 2.75) is 51.1 Å². The van der Waals surface area contributed by atoms with E-state index >= 15 is 0 Å². The van der Waals surface area contributed by atoms with Gasteiger partial charge in [-0.1, -0.05) is 96.5 Å². The fourth-order valence-corrected chi connectivity index (χ4v) is 8.70. The van der Waals surface area contributed by atoms with Crippen LogP contribution >= 0.6 is 34.8 Å². The highest BCUT2D eigenvalue weighted by Gasteiger charge is 2.30. The van der Waals surface area contributed by atoms with Gasteiger partial charge in [0.2, 0.25) is 0 Å². The zero-order valence-electron chi connectivity index (χ0n) is 29.0. The van der Waals surface area contributed by atoms with Crippen molar-refractivity contribution in [1.82, 2.24) is 24.4 Å². The number of fused-ring (bicyclic) bond motifs is 1. The van der Waals surface area contributed by atoms with Crippen LogP contribution in [0.15, 0.2) is 91.4 Å². The standard InChI is InChI=1S/C41H40Cl3N7O/c1-26(31-16-14-28(42)23-33(31)44)51-25-46-37(27-9-4-2-5-10-27)39(51)36-32-17-15-29(43)24-35(32)47-38(36)41(52)48-34-13-8-18-45-40(34)50-21-19-49(20-22-50)30-11-6-3-7-12-30/h2,4-5,8-10,13-18,23-26,30,47H,3,6-7,11-12,19-22H2,1H3,(H,48,52)/t26-/m0/s1. The molecule has 0 spiro atoms. The molecule has 266 valence electrons. The van der Waals surface area contributed by atoms with E-state index in [0.29, 0.717) is 38.1 Å². The van der Waals surface area contributed by atoms with Gasteiger partial charge in [-0.05, 0) is 61.7 Å². The van der Waals surface area contributed by atoms with E-state index in [9.17, 15) is 4.79 Å². The van der Waals surface area contributed by atoms with Crippen molar-refractivity contribution in [2.75, 3.05) is 36.4 Å². The Kier molecular flexibility index (Phi) is 9.99. The fraction of sp³-hybridized carbons (Fsp3) is 0.293. The maximum atomic E-state index is 14.7. The molecule has 0 unspecified atom stereocenters. The number of benzene rings is 3. The van der Waals surface area contributed by atoms with E-state index < -0.39 is 0 Å². The minimum atomic E-state index is -0.290. The number of amides is 1. The second-order valence-corrected chi connectivity index (χ2v) is 15.0. The first-order valence-corrected chi connectivity index (χ1v) is 19.1. The molecular formula is C41H40Cl3N7O. The van der Waals surface area contributed by atoms with Crippen molar-refractivity contribution in [3.05, 3.63) is 118 Å². The minimum absolute atomic E-state index is 0.255. The van der Waals surface area contributed by atoms with Gasteiger partial charge in [0.25, 0.3) is 5.91 Å². The summed E-state index contributed by atoms with van der Waals surface area (Å²) in [7, 11) is 0. The number of nitrogens with zero attached hydrogens (tertiary/aromatic N) is 5. The molecule has 1 aliphatic heterocycles. The molecule has 8 nitrogen and oxygen atoms in total. The summed E-state index contributed by atoms with van der Waals surface area (Å²) in [6, 6.07) is 25.4. The van der Waals surface area contributed by atoms with Gasteiger partial charge < -0.3 is 19.8 Å². The van der Waals surface area contributed by atoms with Crippen LogP contribution in [0.3, 0.4) is 0 Å². The Morgan fingerprint density at radius 3 is 2.38 bits per heavy atom. The quantitative estimate of drug-likeness (QED) is 0.162. The van der Waals surface area contributed by atoms with Crippen LogP contribution in [-0.4, -0.2) is 62.5 Å². The Bertz CT molecular complexity index is 2220. The zero-order valence-corrected chi connectivity index (χ0v) is 31.2. The third kappa shape index (κ3) is 6.81. The number of carbonyl (C=O) groups is 1. The first-order valence-electron chi connectivity index (χ1n) is 18.0. The van der Waals surface area contributed by atoms with Gasteiger partial charge in [-0.2, -0.15) is 0 Å². The second kappa shape index (κ2) is 15.0. The molecule has 4 heterocycles. The lowest BCUT2D eigenvalue weighted by atomic mass is 9.94. The molecule has 1 aliphatic carbocycles. The minimum Gasteiger partial charge on any atom is -0.352 e. The number of piperazine rings is 1. The van der Waals surface area contributed by atoms with Crippen LogP contribution in [0.5, 0.6) is 0 Å². The van der Waals surface area contributed by atoms with Crippen molar-refractivity contribution in [1.29, 1.82) is 0 Å². The number of pyridine rings is 1. The molecule has 1 saturated carbocycles.